The number of benzene rings is 3. The van der Waals surface area contributed by atoms with Gasteiger partial charge in [-0.05, 0) is 42.3 Å². The number of anilines is 1. The Morgan fingerprint density at radius 1 is 0.875 bits per heavy atom. The molecule has 1 saturated heterocycles. The lowest BCUT2D eigenvalue weighted by Gasteiger charge is -2.37. The molecule has 0 atom stereocenters. The number of hydrogen-bond donors (Lipinski definition) is 0. The molecule has 0 unspecified atom stereocenters. The molecule has 0 saturated carbocycles. The average Bonchev–Trinajstić information content (AvgIpc) is 3.12. The van der Waals surface area contributed by atoms with Gasteiger partial charge in [0.05, 0.1) is 25.3 Å². The number of ether oxygens (including phenoxy) is 3. The maximum absolute atomic E-state index is 6.32. The van der Waals surface area contributed by atoms with E-state index in [1.165, 1.54) is 0 Å². The molecule has 0 bridgehead atoms. The Labute approximate surface area is 239 Å². The summed E-state index contributed by atoms with van der Waals surface area (Å²) in [6.07, 6.45) is 0.798. The first-order valence-electron chi connectivity index (χ1n) is 13.5. The zero-order chi connectivity index (χ0) is 27.8. The number of aromatic nitrogens is 2. The maximum atomic E-state index is 6.32. The second-order valence-electron chi connectivity index (χ2n) is 10.4. The summed E-state index contributed by atoms with van der Waals surface area (Å²) in [7, 11) is 3.29. The molecule has 3 aromatic carbocycles. The number of rotatable bonds is 5. The highest BCUT2D eigenvalue weighted by atomic mass is 35.5. The van der Waals surface area contributed by atoms with Crippen molar-refractivity contribution in [2.75, 3.05) is 45.3 Å². The van der Waals surface area contributed by atoms with Crippen molar-refractivity contribution in [1.82, 2.24) is 14.9 Å². The van der Waals surface area contributed by atoms with Gasteiger partial charge < -0.3 is 24.0 Å². The van der Waals surface area contributed by atoms with Crippen LogP contribution >= 0.6 is 11.6 Å². The summed E-state index contributed by atoms with van der Waals surface area (Å²) in [5.74, 6) is 5.88. The lowest BCUT2D eigenvalue weighted by Crippen LogP contribution is -2.49. The van der Waals surface area contributed by atoms with E-state index in [0.717, 1.165) is 78.0 Å². The van der Waals surface area contributed by atoms with Crippen molar-refractivity contribution in [3.05, 3.63) is 71.0 Å². The second-order valence-corrected chi connectivity index (χ2v) is 10.8. The summed E-state index contributed by atoms with van der Waals surface area (Å²) in [5.41, 5.74) is 2.54. The molecule has 40 heavy (non-hydrogen) atoms. The number of amidine groups is 1. The first kappa shape index (κ1) is 26.2. The minimum atomic E-state index is 0.439. The highest BCUT2D eigenvalue weighted by molar-refractivity contribution is 6.31. The molecule has 1 aromatic heterocycles. The fraction of sp³-hybridized carbons (Fsp3) is 0.323. The van der Waals surface area contributed by atoms with Crippen LogP contribution in [0.5, 0.6) is 23.0 Å². The van der Waals surface area contributed by atoms with Crippen molar-refractivity contribution < 1.29 is 14.2 Å². The fourth-order valence-electron chi connectivity index (χ4n) is 5.25. The predicted molar refractivity (Wildman–Crippen MR) is 159 cm³/mol. The summed E-state index contributed by atoms with van der Waals surface area (Å²) in [6.45, 7) is 7.43. The van der Waals surface area contributed by atoms with E-state index in [4.69, 9.17) is 40.8 Å². The van der Waals surface area contributed by atoms with Gasteiger partial charge in [-0.25, -0.2) is 15.0 Å². The Bertz CT molecular complexity index is 1600. The second kappa shape index (κ2) is 10.8. The number of halogens is 1. The summed E-state index contributed by atoms with van der Waals surface area (Å²) < 4.78 is 17.4. The molecule has 0 N–H and O–H groups in total. The van der Waals surface area contributed by atoms with E-state index in [9.17, 15) is 0 Å². The van der Waals surface area contributed by atoms with Gasteiger partial charge in [-0.15, -0.1) is 0 Å². The first-order chi connectivity index (χ1) is 19.4. The van der Waals surface area contributed by atoms with Gasteiger partial charge >= 0.3 is 0 Å². The van der Waals surface area contributed by atoms with E-state index in [0.29, 0.717) is 28.2 Å². The highest BCUT2D eigenvalue weighted by Gasteiger charge is 2.28. The van der Waals surface area contributed by atoms with Crippen LogP contribution in [-0.4, -0.2) is 61.1 Å². The molecular weight excluding hydrogens is 526 g/mol. The summed E-state index contributed by atoms with van der Waals surface area (Å²) in [5, 5.41) is 1.58. The standard InChI is InChI=1S/C31H32ClN5O3/c1-19(2)15-29-33-23-18-28(39-4)27(38-3)17-22(23)31(35-29)37-13-11-36(12-14-37)30-21-7-5-6-8-25(21)40-26-10-9-20(32)16-24(26)34-30/h5-10,16-19H,11-15H2,1-4H3. The van der Waals surface area contributed by atoms with Gasteiger partial charge in [0.15, 0.2) is 17.2 Å². The minimum Gasteiger partial charge on any atom is -0.493 e. The van der Waals surface area contributed by atoms with Crippen LogP contribution in [0.15, 0.2) is 59.6 Å². The van der Waals surface area contributed by atoms with Gasteiger partial charge in [-0.1, -0.05) is 37.6 Å². The van der Waals surface area contributed by atoms with E-state index in [1.54, 1.807) is 14.2 Å². The van der Waals surface area contributed by atoms with Crippen LogP contribution in [0, 0.1) is 5.92 Å². The van der Waals surface area contributed by atoms with E-state index in [-0.39, 0.29) is 0 Å². The van der Waals surface area contributed by atoms with Crippen LogP contribution < -0.4 is 19.1 Å². The van der Waals surface area contributed by atoms with Crippen molar-refractivity contribution in [2.24, 2.45) is 10.9 Å². The van der Waals surface area contributed by atoms with Crippen LogP contribution in [0.3, 0.4) is 0 Å². The molecule has 2 aliphatic heterocycles. The van der Waals surface area contributed by atoms with Crippen LogP contribution in [0.25, 0.3) is 10.9 Å². The third-order valence-electron chi connectivity index (χ3n) is 7.19. The number of methoxy groups -OCH3 is 2. The number of aliphatic imine (C=N–C) groups is 1. The van der Waals surface area contributed by atoms with Crippen molar-refractivity contribution in [3.8, 4) is 23.0 Å². The molecule has 0 amide bonds. The topological polar surface area (TPSA) is 72.3 Å². The molecule has 1 fully saturated rings. The quantitative estimate of drug-likeness (QED) is 0.277. The van der Waals surface area contributed by atoms with Gasteiger partial charge in [0.1, 0.15) is 28.9 Å². The molecule has 0 aliphatic carbocycles. The Hall–Kier alpha value is -4.04. The number of fused-ring (bicyclic) bond motifs is 3. The number of hydrogen-bond acceptors (Lipinski definition) is 8. The number of nitrogens with zero attached hydrogens (tertiary/aromatic N) is 5. The van der Waals surface area contributed by atoms with Crippen LogP contribution in [0.1, 0.15) is 25.2 Å². The highest BCUT2D eigenvalue weighted by Crippen LogP contribution is 2.40. The fourth-order valence-corrected chi connectivity index (χ4v) is 5.42. The van der Waals surface area contributed by atoms with Gasteiger partial charge in [0, 0.05) is 49.1 Å². The average molecular weight is 558 g/mol. The van der Waals surface area contributed by atoms with Gasteiger partial charge in [0.2, 0.25) is 0 Å². The molecule has 4 aromatic rings. The van der Waals surface area contributed by atoms with E-state index >= 15 is 0 Å². The lowest BCUT2D eigenvalue weighted by molar-refractivity contribution is 0.355. The minimum absolute atomic E-state index is 0.439. The van der Waals surface area contributed by atoms with Gasteiger partial charge in [-0.3, -0.25) is 0 Å². The van der Waals surface area contributed by atoms with Crippen molar-refractivity contribution in [2.45, 2.75) is 20.3 Å². The van der Waals surface area contributed by atoms with Crippen LogP contribution in [-0.2, 0) is 6.42 Å². The Morgan fingerprint density at radius 3 is 2.35 bits per heavy atom. The van der Waals surface area contributed by atoms with Crippen LogP contribution in [0.2, 0.25) is 5.02 Å². The molecule has 3 heterocycles. The smallest absolute Gasteiger partial charge is 0.162 e. The lowest BCUT2D eigenvalue weighted by atomic mass is 10.1. The molecule has 0 radical (unpaired) electrons. The SMILES string of the molecule is COc1cc2nc(CC(C)C)nc(N3CCN(C4=Nc5cc(Cl)ccc5Oc5ccccc54)CC3)c2cc1OC. The largest absolute Gasteiger partial charge is 0.493 e. The number of para-hydroxylation sites is 1. The number of piperazine rings is 1. The Morgan fingerprint density at radius 2 is 1.60 bits per heavy atom. The van der Waals surface area contributed by atoms with E-state index in [1.807, 2.05) is 48.5 Å². The van der Waals surface area contributed by atoms with Crippen molar-refractivity contribution in [3.63, 3.8) is 0 Å². The molecule has 206 valence electrons. The Kier molecular flexibility index (Phi) is 7.11. The monoisotopic (exact) mass is 557 g/mol. The molecule has 0 spiro atoms. The summed E-state index contributed by atoms with van der Waals surface area (Å²) in [4.78, 5) is 19.6. The van der Waals surface area contributed by atoms with Crippen LogP contribution in [0.4, 0.5) is 11.5 Å². The maximum Gasteiger partial charge on any atom is 0.162 e. The van der Waals surface area contributed by atoms with E-state index < -0.39 is 0 Å². The molecule has 8 nitrogen and oxygen atoms in total. The third-order valence-corrected chi connectivity index (χ3v) is 7.43. The van der Waals surface area contributed by atoms with Crippen molar-refractivity contribution >= 4 is 39.8 Å². The third kappa shape index (κ3) is 4.99. The zero-order valence-electron chi connectivity index (χ0n) is 23.1. The molecular formula is C31H32ClN5O3. The molecule has 6 rings (SSSR count). The Balaban J connectivity index is 1.35. The zero-order valence-corrected chi connectivity index (χ0v) is 23.9. The predicted octanol–water partition coefficient (Wildman–Crippen LogP) is 6.51. The summed E-state index contributed by atoms with van der Waals surface area (Å²) >= 11 is 6.32. The van der Waals surface area contributed by atoms with E-state index in [2.05, 4.69) is 29.7 Å². The van der Waals surface area contributed by atoms with Crippen molar-refractivity contribution in [1.29, 1.82) is 0 Å². The molecule has 9 heteroatoms. The summed E-state index contributed by atoms with van der Waals surface area (Å²) in [6, 6.07) is 17.5. The molecule has 2 aliphatic rings. The normalized spacial score (nSPS) is 14.8. The van der Waals surface area contributed by atoms with Gasteiger partial charge in [-0.2, -0.15) is 0 Å². The van der Waals surface area contributed by atoms with Gasteiger partial charge in [0.25, 0.3) is 0 Å². The first-order valence-corrected chi connectivity index (χ1v) is 13.9.